The summed E-state index contributed by atoms with van der Waals surface area (Å²) in [6.07, 6.45) is 4.09. The summed E-state index contributed by atoms with van der Waals surface area (Å²) < 4.78 is 19.3. The second-order valence-corrected chi connectivity index (χ2v) is 36.9. The number of ether oxygens (including phenoxy) is 2. The van der Waals surface area contributed by atoms with E-state index in [1.807, 2.05) is 0 Å². The van der Waals surface area contributed by atoms with Gasteiger partial charge < -0.3 is 38.6 Å². The molecule has 97 heavy (non-hydrogen) atoms. The van der Waals surface area contributed by atoms with Gasteiger partial charge in [0.05, 0.1) is 46.7 Å². The van der Waals surface area contributed by atoms with Gasteiger partial charge in [0.15, 0.2) is 0 Å². The predicted molar refractivity (Wildman–Crippen MR) is 414 cm³/mol. The van der Waals surface area contributed by atoms with E-state index in [0.717, 1.165) is 161 Å². The van der Waals surface area contributed by atoms with Gasteiger partial charge in [-0.15, -0.1) is 0 Å². The Morgan fingerprint density at radius 1 is 0.340 bits per heavy atom. The predicted octanol–water partition coefficient (Wildman–Crippen LogP) is 23.1. The second kappa shape index (κ2) is 24.0. The lowest BCUT2D eigenvalue weighted by atomic mass is 9.71. The number of phenolic OH excluding ortho intramolecular Hbond substituents is 2. The molecule has 0 amide bonds. The first kappa shape index (κ1) is 69.1. The van der Waals surface area contributed by atoms with E-state index in [2.05, 4.69) is 307 Å². The molecule has 0 saturated carbocycles. The van der Waals surface area contributed by atoms with Gasteiger partial charge in [-0.25, -0.2) is 0 Å². The fourth-order valence-electron chi connectivity index (χ4n) is 16.4. The number of likely N-dealkylation sites (N-methyl/N-ethyl adjacent to an activating group) is 2. The first-order valence-electron chi connectivity index (χ1n) is 36.0. The molecule has 0 aliphatic carbocycles. The molecular weight excluding hydrogens is 1190 g/mol. The lowest BCUT2D eigenvalue weighted by Gasteiger charge is -2.34. The molecule has 8 aromatic carbocycles. The van der Waals surface area contributed by atoms with Gasteiger partial charge in [0.25, 0.3) is 0 Å². The first-order chi connectivity index (χ1) is 45.0. The van der Waals surface area contributed by atoms with Crippen LogP contribution in [0.2, 0.25) is 0 Å². The van der Waals surface area contributed by atoms with Gasteiger partial charge in [0, 0.05) is 99.9 Å². The van der Waals surface area contributed by atoms with Crippen LogP contribution in [0, 0.1) is 10.8 Å². The van der Waals surface area contributed by atoms with E-state index in [0.29, 0.717) is 19.6 Å². The number of aromatic nitrogens is 2. The molecule has 2 aromatic heterocycles. The smallest absolute Gasteiger partial charge is 0.147 e. The van der Waals surface area contributed by atoms with Crippen LogP contribution < -0.4 is 19.3 Å². The average Bonchev–Trinajstić information content (AvgIpc) is 1.60. The lowest BCUT2D eigenvalue weighted by Crippen LogP contribution is -2.25. The maximum atomic E-state index is 13.5. The van der Waals surface area contributed by atoms with Crippen LogP contribution in [0.1, 0.15) is 216 Å². The molecule has 0 unspecified atom stereocenters. The van der Waals surface area contributed by atoms with Crippen molar-refractivity contribution in [3.8, 4) is 56.6 Å². The molecular formula is C89H112N4O4. The molecule has 0 bridgehead atoms. The molecule has 0 radical (unpaired) electrons. The maximum Gasteiger partial charge on any atom is 0.147 e. The Bertz CT molecular complexity index is 4290. The monoisotopic (exact) mass is 1300 g/mol. The minimum absolute atomic E-state index is 0.0279. The van der Waals surface area contributed by atoms with Crippen LogP contribution in [0.25, 0.3) is 77.2 Å². The van der Waals surface area contributed by atoms with Crippen LogP contribution in [0.5, 0.6) is 23.0 Å². The third-order valence-corrected chi connectivity index (χ3v) is 21.2. The molecule has 12 rings (SSSR count). The van der Waals surface area contributed by atoms with Crippen molar-refractivity contribution in [1.29, 1.82) is 0 Å². The lowest BCUT2D eigenvalue weighted by molar-refractivity contribution is 0.246. The summed E-state index contributed by atoms with van der Waals surface area (Å²) in [5.41, 5.74) is 20.1. The van der Waals surface area contributed by atoms with Crippen LogP contribution >= 0.6 is 0 Å². The highest BCUT2D eigenvalue weighted by atomic mass is 16.5. The van der Waals surface area contributed by atoms with Crippen LogP contribution in [-0.2, 0) is 45.3 Å². The molecule has 2 aliphatic rings. The Kier molecular flexibility index (Phi) is 17.1. The van der Waals surface area contributed by atoms with Gasteiger partial charge in [-0.3, -0.25) is 0 Å². The van der Waals surface area contributed by atoms with E-state index in [4.69, 9.17) is 9.47 Å². The van der Waals surface area contributed by atoms with Gasteiger partial charge in [0.2, 0.25) is 0 Å². The van der Waals surface area contributed by atoms with Gasteiger partial charge in [-0.05, 0) is 175 Å². The van der Waals surface area contributed by atoms with E-state index < -0.39 is 0 Å². The molecule has 4 heterocycles. The zero-order valence-electron chi connectivity index (χ0n) is 63.4. The largest absolute Gasteiger partial charge is 0.505 e. The minimum Gasteiger partial charge on any atom is -0.505 e. The quantitative estimate of drug-likeness (QED) is 0.106. The molecule has 2 aliphatic heterocycles. The Hall–Kier alpha value is -7.84. The zero-order chi connectivity index (χ0) is 70.4. The molecule has 8 heteroatoms. The number of anilines is 2. The highest BCUT2D eigenvalue weighted by Crippen LogP contribution is 2.53. The Balaban J connectivity index is 0.977. The molecule has 8 nitrogen and oxygen atoms in total. The van der Waals surface area contributed by atoms with E-state index in [-0.39, 0.29) is 54.8 Å². The van der Waals surface area contributed by atoms with Crippen molar-refractivity contribution in [3.63, 3.8) is 0 Å². The van der Waals surface area contributed by atoms with Crippen LogP contribution in [0.4, 0.5) is 11.4 Å². The van der Waals surface area contributed by atoms with Crippen molar-refractivity contribution in [2.75, 3.05) is 50.2 Å². The molecule has 10 aromatic rings. The summed E-state index contributed by atoms with van der Waals surface area (Å²) in [5.74, 6) is 2.08. The molecule has 512 valence electrons. The fourth-order valence-corrected chi connectivity index (χ4v) is 16.4. The highest BCUT2D eigenvalue weighted by molar-refractivity contribution is 6.11. The Morgan fingerprint density at radius 2 is 0.639 bits per heavy atom. The number of phenols is 2. The fraction of sp³-hybridized carbons (Fsp3) is 0.461. The normalized spacial score (nSPS) is 14.5. The van der Waals surface area contributed by atoms with Crippen molar-refractivity contribution >= 4 is 55.0 Å². The van der Waals surface area contributed by atoms with Crippen molar-refractivity contribution < 1.29 is 19.7 Å². The first-order valence-corrected chi connectivity index (χ1v) is 36.0. The van der Waals surface area contributed by atoms with Crippen molar-refractivity contribution in [1.82, 2.24) is 9.13 Å². The van der Waals surface area contributed by atoms with Crippen LogP contribution in [0.15, 0.2) is 121 Å². The van der Waals surface area contributed by atoms with Crippen molar-refractivity contribution in [2.24, 2.45) is 10.8 Å². The Morgan fingerprint density at radius 3 is 0.918 bits per heavy atom. The molecule has 0 atom stereocenters. The van der Waals surface area contributed by atoms with Crippen molar-refractivity contribution in [3.05, 3.63) is 166 Å². The standard InChI is InChI=1S/C89H112N4O4/c1-82(2,3)52-88(19,20)58-44-68(78(94)76(50-58)92-72-46-54(84(7,8)9)26-30-60(72)61-31-27-55(47-73(61)92)85(10,11)12)64-34-36-70-66(38-40-90(70)23)80(64)96-42-25-43-97-81-65(35-37-71-67(81)39-41-91(71)24)69-45-59(89(21,22)53-83(4,5)6)51-77(79(69)95)93-74-48-56(86(13,14)15)28-32-62(74)63-33-29-57(49-75(63)93)87(16,17)18/h26-37,44-51,94-95H,25,38-43,52-53H2,1-24H3. The van der Waals surface area contributed by atoms with Crippen molar-refractivity contribution in [2.45, 2.75) is 217 Å². The Labute approximate surface area is 581 Å². The summed E-state index contributed by atoms with van der Waals surface area (Å²) in [7, 11) is 4.33. The molecule has 0 fully saturated rings. The van der Waals surface area contributed by atoms with Gasteiger partial charge >= 0.3 is 0 Å². The summed E-state index contributed by atoms with van der Waals surface area (Å²) in [4.78, 5) is 4.64. The third-order valence-electron chi connectivity index (χ3n) is 21.2. The number of hydrogen-bond donors (Lipinski definition) is 2. The summed E-state index contributed by atoms with van der Waals surface area (Å²) in [5, 5.41) is 31.7. The van der Waals surface area contributed by atoms with E-state index in [9.17, 15) is 10.2 Å². The molecule has 0 spiro atoms. The second-order valence-electron chi connectivity index (χ2n) is 36.9. The number of rotatable bonds is 14. The van der Waals surface area contributed by atoms with Gasteiger partial charge in [-0.2, -0.15) is 0 Å². The van der Waals surface area contributed by atoms with E-state index >= 15 is 0 Å². The van der Waals surface area contributed by atoms with Crippen LogP contribution in [0.3, 0.4) is 0 Å². The number of benzene rings is 8. The highest BCUT2D eigenvalue weighted by Gasteiger charge is 2.36. The van der Waals surface area contributed by atoms with Gasteiger partial charge in [-0.1, -0.05) is 201 Å². The van der Waals surface area contributed by atoms with E-state index in [1.54, 1.807) is 0 Å². The van der Waals surface area contributed by atoms with E-state index in [1.165, 1.54) is 22.3 Å². The average molecular weight is 1300 g/mol. The third kappa shape index (κ3) is 13.0. The summed E-state index contributed by atoms with van der Waals surface area (Å²) >= 11 is 0. The van der Waals surface area contributed by atoms with Crippen LogP contribution in [-0.4, -0.2) is 59.7 Å². The van der Waals surface area contributed by atoms with Gasteiger partial charge in [0.1, 0.15) is 23.0 Å². The topological polar surface area (TPSA) is 75.3 Å². The molecule has 2 N–H and O–H groups in total. The minimum atomic E-state index is -0.276. The maximum absolute atomic E-state index is 13.5. The summed E-state index contributed by atoms with van der Waals surface area (Å²) in [6.45, 7) is 53.2. The number of hydrogen-bond acceptors (Lipinski definition) is 6. The number of nitrogens with zero attached hydrogens (tertiary/aromatic N) is 4. The molecule has 0 saturated heterocycles. The number of aromatic hydroxyl groups is 2. The zero-order valence-corrected chi connectivity index (χ0v) is 63.4. The SMILES string of the molecule is CN1CCc2c1ccc(-c1cc(C(C)(C)CC(C)(C)C)cc(-n3c4cc(C(C)(C)C)ccc4c4ccc(C(C)(C)C)cc43)c1O)c2OCCCOc1c(-c2cc(C(C)(C)CC(C)(C)C)cc(-n3c4cc(C(C)(C)C)ccc4c4ccc(C(C)(C)C)cc43)c2O)ccc2c1CCN2C. The summed E-state index contributed by atoms with van der Waals surface area (Å²) in [6, 6.07) is 45.6. The number of fused-ring (bicyclic) bond motifs is 8.